The van der Waals surface area contributed by atoms with Crippen molar-refractivity contribution in [1.82, 2.24) is 4.57 Å². The van der Waals surface area contributed by atoms with Crippen molar-refractivity contribution in [3.8, 4) is 22.8 Å². The van der Waals surface area contributed by atoms with Gasteiger partial charge in [0, 0.05) is 17.4 Å². The summed E-state index contributed by atoms with van der Waals surface area (Å²) >= 11 is 0. The molecule has 0 aliphatic carbocycles. The number of phenols is 2. The first kappa shape index (κ1) is 19.1. The second-order valence-electron chi connectivity index (χ2n) is 8.76. The second-order valence-corrected chi connectivity index (χ2v) is 8.76. The zero-order valence-electron chi connectivity index (χ0n) is 17.4. The SMILES string of the molecule is Cc1c(-c2ccc(O)cc2)n(Cc2ccc(C(C)(C)C)cc2)c2ccc(O)cc12. The largest absolute Gasteiger partial charge is 0.508 e. The molecule has 2 N–H and O–H groups in total. The standard InChI is InChI=1S/C26H27NO2/c1-17-23-15-22(29)13-14-24(23)27(25(17)19-7-11-21(28)12-8-19)16-18-5-9-20(10-6-18)26(2,3)4/h5-15,28-29H,16H2,1-4H3. The molecule has 1 heterocycles. The Hall–Kier alpha value is -3.20. The molecule has 1 aromatic heterocycles. The van der Waals surface area contributed by atoms with Crippen LogP contribution in [-0.4, -0.2) is 14.8 Å². The Balaban J connectivity index is 1.86. The molecule has 4 aromatic rings. The Morgan fingerprint density at radius 3 is 2.03 bits per heavy atom. The first-order chi connectivity index (χ1) is 13.7. The smallest absolute Gasteiger partial charge is 0.116 e. The van der Waals surface area contributed by atoms with Gasteiger partial charge in [0.2, 0.25) is 0 Å². The van der Waals surface area contributed by atoms with Crippen LogP contribution in [0.4, 0.5) is 0 Å². The first-order valence-corrected chi connectivity index (χ1v) is 9.94. The number of hydrogen-bond acceptors (Lipinski definition) is 2. The van der Waals surface area contributed by atoms with E-state index in [2.05, 4.69) is 56.5 Å². The van der Waals surface area contributed by atoms with Crippen LogP contribution in [0.5, 0.6) is 11.5 Å². The molecule has 4 rings (SSSR count). The molecule has 0 saturated carbocycles. The molecule has 0 radical (unpaired) electrons. The van der Waals surface area contributed by atoms with Gasteiger partial charge in [-0.2, -0.15) is 0 Å². The van der Waals surface area contributed by atoms with Crippen molar-refractivity contribution < 1.29 is 10.2 Å². The van der Waals surface area contributed by atoms with Crippen molar-refractivity contribution >= 4 is 10.9 Å². The van der Waals surface area contributed by atoms with Gasteiger partial charge >= 0.3 is 0 Å². The van der Waals surface area contributed by atoms with E-state index in [-0.39, 0.29) is 16.9 Å². The molecular weight excluding hydrogens is 358 g/mol. The molecule has 0 saturated heterocycles. The predicted octanol–water partition coefficient (Wildman–Crippen LogP) is 6.37. The van der Waals surface area contributed by atoms with Crippen molar-refractivity contribution in [1.29, 1.82) is 0 Å². The van der Waals surface area contributed by atoms with E-state index in [0.29, 0.717) is 0 Å². The summed E-state index contributed by atoms with van der Waals surface area (Å²) in [6.45, 7) is 9.49. The van der Waals surface area contributed by atoms with Crippen LogP contribution in [0.1, 0.15) is 37.5 Å². The number of hydrogen-bond donors (Lipinski definition) is 2. The summed E-state index contributed by atoms with van der Waals surface area (Å²) in [7, 11) is 0. The topological polar surface area (TPSA) is 45.4 Å². The van der Waals surface area contributed by atoms with E-state index < -0.39 is 0 Å². The highest BCUT2D eigenvalue weighted by Gasteiger charge is 2.18. The average Bonchev–Trinajstić information content (AvgIpc) is 2.94. The summed E-state index contributed by atoms with van der Waals surface area (Å²) in [5.74, 6) is 0.522. The van der Waals surface area contributed by atoms with Gasteiger partial charge in [-0.15, -0.1) is 0 Å². The Morgan fingerprint density at radius 1 is 0.793 bits per heavy atom. The average molecular weight is 386 g/mol. The number of benzene rings is 3. The predicted molar refractivity (Wildman–Crippen MR) is 120 cm³/mol. The lowest BCUT2D eigenvalue weighted by atomic mass is 9.87. The third kappa shape index (κ3) is 3.61. The summed E-state index contributed by atoms with van der Waals surface area (Å²) < 4.78 is 2.29. The van der Waals surface area contributed by atoms with E-state index in [0.717, 1.165) is 34.3 Å². The summed E-state index contributed by atoms with van der Waals surface area (Å²) in [6.07, 6.45) is 0. The minimum absolute atomic E-state index is 0.129. The Kier molecular flexibility index (Phi) is 4.62. The van der Waals surface area contributed by atoms with Gasteiger partial charge in [-0.3, -0.25) is 0 Å². The summed E-state index contributed by atoms with van der Waals surface area (Å²) in [5.41, 5.74) is 7.02. The highest BCUT2D eigenvalue weighted by Crippen LogP contribution is 2.36. The molecular formula is C26H27NO2. The van der Waals surface area contributed by atoms with Crippen molar-refractivity contribution in [3.63, 3.8) is 0 Å². The molecule has 3 nitrogen and oxygen atoms in total. The fraction of sp³-hybridized carbons (Fsp3) is 0.231. The van der Waals surface area contributed by atoms with Crippen LogP contribution < -0.4 is 0 Å². The Labute approximate surface area is 171 Å². The number of aryl methyl sites for hydroxylation is 1. The van der Waals surface area contributed by atoms with Crippen molar-refractivity contribution in [2.75, 3.05) is 0 Å². The van der Waals surface area contributed by atoms with Crippen LogP contribution in [0.2, 0.25) is 0 Å². The van der Waals surface area contributed by atoms with Crippen molar-refractivity contribution in [2.24, 2.45) is 0 Å². The molecule has 0 spiro atoms. The van der Waals surface area contributed by atoms with Gasteiger partial charge in [0.1, 0.15) is 11.5 Å². The third-order valence-corrected chi connectivity index (χ3v) is 5.60. The lowest BCUT2D eigenvalue weighted by Gasteiger charge is -2.19. The van der Waals surface area contributed by atoms with Crippen LogP contribution in [0.3, 0.4) is 0 Å². The maximum Gasteiger partial charge on any atom is 0.116 e. The summed E-state index contributed by atoms with van der Waals surface area (Å²) in [4.78, 5) is 0. The number of phenolic OH excluding ortho intramolecular Hbond substituents is 2. The van der Waals surface area contributed by atoms with Crippen molar-refractivity contribution in [2.45, 2.75) is 39.7 Å². The van der Waals surface area contributed by atoms with Gasteiger partial charge in [-0.05, 0) is 77.1 Å². The van der Waals surface area contributed by atoms with Crippen LogP contribution in [0, 0.1) is 6.92 Å². The van der Waals surface area contributed by atoms with Gasteiger partial charge in [-0.1, -0.05) is 45.0 Å². The molecule has 0 amide bonds. The van der Waals surface area contributed by atoms with Gasteiger partial charge in [0.15, 0.2) is 0 Å². The summed E-state index contributed by atoms with van der Waals surface area (Å²) in [5, 5.41) is 20.8. The third-order valence-electron chi connectivity index (χ3n) is 5.60. The quantitative estimate of drug-likeness (QED) is 0.430. The molecule has 29 heavy (non-hydrogen) atoms. The normalized spacial score (nSPS) is 11.9. The number of aromatic nitrogens is 1. The molecule has 0 bridgehead atoms. The lowest BCUT2D eigenvalue weighted by molar-refractivity contribution is 0.475. The van der Waals surface area contributed by atoms with Crippen LogP contribution in [0.15, 0.2) is 66.7 Å². The Morgan fingerprint density at radius 2 is 1.41 bits per heavy atom. The lowest BCUT2D eigenvalue weighted by Crippen LogP contribution is -2.11. The van der Waals surface area contributed by atoms with Crippen molar-refractivity contribution in [3.05, 3.63) is 83.4 Å². The number of aromatic hydroxyl groups is 2. The van der Waals surface area contributed by atoms with E-state index in [1.165, 1.54) is 11.1 Å². The van der Waals surface area contributed by atoms with Crippen LogP contribution >= 0.6 is 0 Å². The highest BCUT2D eigenvalue weighted by atomic mass is 16.3. The molecule has 0 aliphatic heterocycles. The van der Waals surface area contributed by atoms with E-state index >= 15 is 0 Å². The Bertz CT molecular complexity index is 1160. The maximum absolute atomic E-state index is 10.0. The monoisotopic (exact) mass is 385 g/mol. The molecule has 0 atom stereocenters. The number of rotatable bonds is 3. The fourth-order valence-corrected chi connectivity index (χ4v) is 3.96. The molecule has 0 fully saturated rings. The molecule has 3 heteroatoms. The number of fused-ring (bicyclic) bond motifs is 1. The zero-order chi connectivity index (χ0) is 20.8. The first-order valence-electron chi connectivity index (χ1n) is 9.94. The van der Waals surface area contributed by atoms with E-state index in [1.807, 2.05) is 24.3 Å². The van der Waals surface area contributed by atoms with E-state index in [1.54, 1.807) is 18.2 Å². The second kappa shape index (κ2) is 7.00. The van der Waals surface area contributed by atoms with Gasteiger partial charge in [0.25, 0.3) is 0 Å². The minimum atomic E-state index is 0.129. The number of nitrogens with zero attached hydrogens (tertiary/aromatic N) is 1. The highest BCUT2D eigenvalue weighted by molar-refractivity contribution is 5.92. The molecule has 0 aliphatic rings. The van der Waals surface area contributed by atoms with E-state index in [9.17, 15) is 10.2 Å². The van der Waals surface area contributed by atoms with Crippen LogP contribution in [-0.2, 0) is 12.0 Å². The molecule has 3 aromatic carbocycles. The van der Waals surface area contributed by atoms with Gasteiger partial charge in [0.05, 0.1) is 5.69 Å². The summed E-state index contributed by atoms with van der Waals surface area (Å²) in [6, 6.07) is 21.7. The molecule has 148 valence electrons. The fourth-order valence-electron chi connectivity index (χ4n) is 3.96. The van der Waals surface area contributed by atoms with Gasteiger partial charge < -0.3 is 14.8 Å². The van der Waals surface area contributed by atoms with E-state index in [4.69, 9.17) is 0 Å². The zero-order valence-corrected chi connectivity index (χ0v) is 17.4. The minimum Gasteiger partial charge on any atom is -0.508 e. The van der Waals surface area contributed by atoms with Gasteiger partial charge in [-0.25, -0.2) is 0 Å². The maximum atomic E-state index is 10.0. The molecule has 0 unspecified atom stereocenters. The van der Waals surface area contributed by atoms with Crippen LogP contribution in [0.25, 0.3) is 22.2 Å².